The van der Waals surface area contributed by atoms with Crippen LogP contribution in [0.5, 0.6) is 0 Å². The fraction of sp³-hybridized carbons (Fsp3) is 0.500. The van der Waals surface area contributed by atoms with Gasteiger partial charge in [0.2, 0.25) is 0 Å². The van der Waals surface area contributed by atoms with Crippen LogP contribution in [0.2, 0.25) is 5.02 Å². The predicted molar refractivity (Wildman–Crippen MR) is 77.2 cm³/mol. The van der Waals surface area contributed by atoms with Gasteiger partial charge in [0.25, 0.3) is 0 Å². The zero-order valence-corrected chi connectivity index (χ0v) is 12.3. The lowest BCUT2D eigenvalue weighted by Gasteiger charge is -2.20. The van der Waals surface area contributed by atoms with Crippen molar-refractivity contribution >= 4 is 27.1 Å². The maximum Gasteiger partial charge on any atom is 0.149 e. The number of hydrogen-bond acceptors (Lipinski definition) is 4. The highest BCUT2D eigenvalue weighted by Gasteiger charge is 2.09. The smallest absolute Gasteiger partial charge is 0.149 e. The number of sulfone groups is 1. The van der Waals surface area contributed by atoms with Gasteiger partial charge in [0, 0.05) is 19.8 Å². The van der Waals surface area contributed by atoms with Gasteiger partial charge in [-0.2, -0.15) is 0 Å². The molecule has 0 heterocycles. The van der Waals surface area contributed by atoms with E-state index in [1.165, 1.54) is 6.26 Å². The molecule has 0 unspecified atom stereocenters. The molecule has 1 aromatic rings. The number of halogens is 1. The molecule has 0 saturated heterocycles. The minimum absolute atomic E-state index is 0.115. The standard InChI is InChI=1S/C12H19ClN2O2S/c1-15(7-8-18(2,16)17)12-4-3-10(5-6-14)9-11(12)13/h3-4,9H,5-8,14H2,1-2H3. The molecule has 1 aromatic carbocycles. The number of hydrogen-bond donors (Lipinski definition) is 1. The molecule has 0 aliphatic heterocycles. The quantitative estimate of drug-likeness (QED) is 0.858. The van der Waals surface area contributed by atoms with Gasteiger partial charge in [-0.25, -0.2) is 8.42 Å². The molecule has 102 valence electrons. The summed E-state index contributed by atoms with van der Waals surface area (Å²) in [4.78, 5) is 1.84. The van der Waals surface area contributed by atoms with Gasteiger partial charge in [0.1, 0.15) is 9.84 Å². The lowest BCUT2D eigenvalue weighted by Crippen LogP contribution is -2.25. The third-order valence-corrected chi connectivity index (χ3v) is 3.88. The fourth-order valence-corrected chi connectivity index (χ4v) is 2.56. The highest BCUT2D eigenvalue weighted by Crippen LogP contribution is 2.26. The molecule has 0 bridgehead atoms. The maximum absolute atomic E-state index is 11.1. The Morgan fingerprint density at radius 1 is 1.39 bits per heavy atom. The first-order valence-corrected chi connectivity index (χ1v) is 8.14. The first-order chi connectivity index (χ1) is 8.33. The van der Waals surface area contributed by atoms with Crippen LogP contribution in [0.4, 0.5) is 5.69 Å². The molecule has 0 aromatic heterocycles. The van der Waals surface area contributed by atoms with E-state index in [1.807, 2.05) is 30.1 Å². The van der Waals surface area contributed by atoms with Crippen molar-refractivity contribution in [1.82, 2.24) is 0 Å². The molecule has 0 spiro atoms. The minimum Gasteiger partial charge on any atom is -0.372 e. The summed E-state index contributed by atoms with van der Waals surface area (Å²) in [5.74, 6) is 0.115. The van der Waals surface area contributed by atoms with Gasteiger partial charge in [-0.15, -0.1) is 0 Å². The average molecular weight is 291 g/mol. The summed E-state index contributed by atoms with van der Waals surface area (Å²) in [6, 6.07) is 5.74. The molecule has 0 saturated carbocycles. The van der Waals surface area contributed by atoms with Crippen molar-refractivity contribution in [3.05, 3.63) is 28.8 Å². The van der Waals surface area contributed by atoms with Crippen LogP contribution in [0.15, 0.2) is 18.2 Å². The van der Waals surface area contributed by atoms with Crippen LogP contribution < -0.4 is 10.6 Å². The lowest BCUT2D eigenvalue weighted by molar-refractivity contribution is 0.601. The van der Waals surface area contributed by atoms with Crippen LogP contribution in [0, 0.1) is 0 Å². The van der Waals surface area contributed by atoms with Crippen molar-refractivity contribution in [1.29, 1.82) is 0 Å². The van der Waals surface area contributed by atoms with E-state index in [2.05, 4.69) is 0 Å². The second kappa shape index (κ2) is 6.41. The average Bonchev–Trinajstić information content (AvgIpc) is 2.25. The van der Waals surface area contributed by atoms with Crippen molar-refractivity contribution in [3.8, 4) is 0 Å². The molecule has 1 rings (SSSR count). The maximum atomic E-state index is 11.1. The van der Waals surface area contributed by atoms with Gasteiger partial charge in [0.05, 0.1) is 16.5 Å². The largest absolute Gasteiger partial charge is 0.372 e. The lowest BCUT2D eigenvalue weighted by atomic mass is 10.1. The first kappa shape index (κ1) is 15.3. The summed E-state index contributed by atoms with van der Waals surface area (Å²) in [6.07, 6.45) is 2.01. The van der Waals surface area contributed by atoms with Crippen molar-refractivity contribution in [2.75, 3.05) is 37.0 Å². The summed E-state index contributed by atoms with van der Waals surface area (Å²) in [5.41, 5.74) is 7.40. The molecule has 0 aliphatic carbocycles. The Labute approximate surface area is 114 Å². The second-order valence-electron chi connectivity index (χ2n) is 4.38. The van der Waals surface area contributed by atoms with E-state index in [1.54, 1.807) is 0 Å². The van der Waals surface area contributed by atoms with Crippen molar-refractivity contribution in [3.63, 3.8) is 0 Å². The van der Waals surface area contributed by atoms with Crippen LogP contribution in [-0.2, 0) is 16.3 Å². The summed E-state index contributed by atoms with van der Waals surface area (Å²) < 4.78 is 22.2. The molecule has 0 radical (unpaired) electrons. The van der Waals surface area contributed by atoms with Crippen molar-refractivity contribution in [2.24, 2.45) is 5.73 Å². The number of rotatable bonds is 6. The molecule has 6 heteroatoms. The normalized spacial score (nSPS) is 11.6. The van der Waals surface area contributed by atoms with Crippen molar-refractivity contribution < 1.29 is 8.42 Å². The van der Waals surface area contributed by atoms with E-state index in [0.29, 0.717) is 18.1 Å². The molecular formula is C12H19ClN2O2S. The molecule has 2 N–H and O–H groups in total. The highest BCUT2D eigenvalue weighted by atomic mass is 35.5. The van der Waals surface area contributed by atoms with Gasteiger partial charge in [-0.05, 0) is 30.7 Å². The highest BCUT2D eigenvalue weighted by molar-refractivity contribution is 7.90. The van der Waals surface area contributed by atoms with Gasteiger partial charge in [0.15, 0.2) is 0 Å². The Bertz CT molecular complexity index is 503. The molecule has 0 atom stereocenters. The Morgan fingerprint density at radius 2 is 2.06 bits per heavy atom. The molecule has 18 heavy (non-hydrogen) atoms. The summed E-state index contributed by atoms with van der Waals surface area (Å²) in [6.45, 7) is 1.01. The second-order valence-corrected chi connectivity index (χ2v) is 7.04. The van der Waals surface area contributed by atoms with E-state index in [-0.39, 0.29) is 5.75 Å². The Kier molecular flexibility index (Phi) is 5.44. The Balaban J connectivity index is 2.77. The fourth-order valence-electron chi connectivity index (χ4n) is 1.61. The SMILES string of the molecule is CN(CCS(C)(=O)=O)c1ccc(CCN)cc1Cl. The third-order valence-electron chi connectivity index (χ3n) is 2.65. The zero-order chi connectivity index (χ0) is 13.8. The zero-order valence-electron chi connectivity index (χ0n) is 10.7. The minimum atomic E-state index is -2.96. The molecule has 4 nitrogen and oxygen atoms in total. The van der Waals surface area contributed by atoms with Crippen LogP contribution in [0.3, 0.4) is 0 Å². The van der Waals surface area contributed by atoms with E-state index in [9.17, 15) is 8.42 Å². The van der Waals surface area contributed by atoms with E-state index in [4.69, 9.17) is 17.3 Å². The molecular weight excluding hydrogens is 272 g/mol. The van der Waals surface area contributed by atoms with Gasteiger partial charge >= 0.3 is 0 Å². The molecule has 0 aliphatic rings. The third kappa shape index (κ3) is 4.84. The topological polar surface area (TPSA) is 63.4 Å². The predicted octanol–water partition coefficient (Wildman–Crippen LogP) is 1.32. The van der Waals surface area contributed by atoms with E-state index >= 15 is 0 Å². The number of nitrogens with two attached hydrogens (primary N) is 1. The van der Waals surface area contributed by atoms with Gasteiger partial charge < -0.3 is 10.6 Å². The van der Waals surface area contributed by atoms with Crippen LogP contribution in [-0.4, -0.2) is 40.6 Å². The number of nitrogens with zero attached hydrogens (tertiary/aromatic N) is 1. The molecule has 0 amide bonds. The monoisotopic (exact) mass is 290 g/mol. The first-order valence-electron chi connectivity index (χ1n) is 5.71. The Morgan fingerprint density at radius 3 is 2.56 bits per heavy atom. The summed E-state index contributed by atoms with van der Waals surface area (Å²) in [7, 11) is -1.13. The number of anilines is 1. The summed E-state index contributed by atoms with van der Waals surface area (Å²) >= 11 is 6.18. The summed E-state index contributed by atoms with van der Waals surface area (Å²) in [5, 5.41) is 0.622. The van der Waals surface area contributed by atoms with Crippen LogP contribution >= 0.6 is 11.6 Å². The molecule has 0 fully saturated rings. The van der Waals surface area contributed by atoms with E-state index < -0.39 is 9.84 Å². The van der Waals surface area contributed by atoms with Crippen LogP contribution in [0.1, 0.15) is 5.56 Å². The van der Waals surface area contributed by atoms with Crippen molar-refractivity contribution in [2.45, 2.75) is 6.42 Å². The van der Waals surface area contributed by atoms with Gasteiger partial charge in [-0.3, -0.25) is 0 Å². The Hall–Kier alpha value is -0.780. The van der Waals surface area contributed by atoms with E-state index in [0.717, 1.165) is 17.7 Å². The van der Waals surface area contributed by atoms with Gasteiger partial charge in [-0.1, -0.05) is 17.7 Å². The van der Waals surface area contributed by atoms with Crippen LogP contribution in [0.25, 0.3) is 0 Å². The number of benzene rings is 1.